The van der Waals surface area contributed by atoms with E-state index in [1.165, 1.54) is 14.7 Å². The van der Waals surface area contributed by atoms with E-state index in [-0.39, 0.29) is 6.04 Å². The molecule has 0 amide bonds. The molecule has 18 heavy (non-hydrogen) atoms. The maximum Gasteiger partial charge on any atom is 0.0500 e. The first-order valence-electron chi connectivity index (χ1n) is 5.65. The second kappa shape index (κ2) is 6.52. The molecule has 0 bridgehead atoms. The predicted octanol–water partition coefficient (Wildman–Crippen LogP) is 3.69. The lowest BCUT2D eigenvalue weighted by atomic mass is 9.99. The van der Waals surface area contributed by atoms with Crippen LogP contribution in [0, 0.1) is 3.57 Å². The Morgan fingerprint density at radius 2 is 1.94 bits per heavy atom. The van der Waals surface area contributed by atoms with E-state index in [9.17, 15) is 0 Å². The fourth-order valence-electron chi connectivity index (χ4n) is 1.90. The highest BCUT2D eigenvalue weighted by Crippen LogP contribution is 2.21. The van der Waals surface area contributed by atoms with Crippen molar-refractivity contribution in [1.82, 2.24) is 5.43 Å². The van der Waals surface area contributed by atoms with Crippen molar-refractivity contribution in [2.45, 2.75) is 12.5 Å². The molecule has 4 heteroatoms. The summed E-state index contributed by atoms with van der Waals surface area (Å²) in [5.41, 5.74) is 5.22. The van der Waals surface area contributed by atoms with Gasteiger partial charge in [-0.25, -0.2) is 0 Å². The van der Waals surface area contributed by atoms with E-state index in [1.807, 2.05) is 24.3 Å². The molecule has 0 saturated heterocycles. The summed E-state index contributed by atoms with van der Waals surface area (Å²) >= 11 is 8.29. The molecule has 2 aromatic carbocycles. The Hall–Kier alpha value is -0.620. The second-order valence-corrected chi connectivity index (χ2v) is 5.79. The molecule has 0 aliphatic heterocycles. The summed E-state index contributed by atoms with van der Waals surface area (Å²) in [6.45, 7) is 0. The van der Waals surface area contributed by atoms with Crippen LogP contribution in [0.3, 0.4) is 0 Å². The molecule has 0 aromatic heterocycles. The third kappa shape index (κ3) is 3.68. The van der Waals surface area contributed by atoms with Crippen molar-refractivity contribution in [2.75, 3.05) is 0 Å². The minimum absolute atomic E-state index is 0.0955. The molecule has 2 aromatic rings. The monoisotopic (exact) mass is 372 g/mol. The van der Waals surface area contributed by atoms with E-state index in [1.54, 1.807) is 0 Å². The van der Waals surface area contributed by atoms with Crippen molar-refractivity contribution in [1.29, 1.82) is 0 Å². The number of nitrogens with two attached hydrogens (primary N) is 1. The van der Waals surface area contributed by atoms with Crippen molar-refractivity contribution in [3.05, 3.63) is 68.3 Å². The summed E-state index contributed by atoms with van der Waals surface area (Å²) in [5, 5.41) is 0.755. The molecule has 0 fully saturated rings. The summed E-state index contributed by atoms with van der Waals surface area (Å²) in [7, 11) is 0. The maximum atomic E-state index is 5.99. The zero-order valence-electron chi connectivity index (χ0n) is 9.74. The third-order valence-electron chi connectivity index (χ3n) is 2.78. The first-order chi connectivity index (χ1) is 8.69. The molecule has 2 rings (SSSR count). The molecule has 0 heterocycles. The molecule has 1 unspecified atom stereocenters. The first kappa shape index (κ1) is 13.8. The summed E-state index contributed by atoms with van der Waals surface area (Å²) in [6, 6.07) is 16.3. The molecule has 0 radical (unpaired) electrons. The van der Waals surface area contributed by atoms with Crippen LogP contribution in [0.4, 0.5) is 0 Å². The molecule has 0 spiro atoms. The van der Waals surface area contributed by atoms with Gasteiger partial charge in [0.2, 0.25) is 0 Å². The van der Waals surface area contributed by atoms with Gasteiger partial charge in [-0.3, -0.25) is 11.3 Å². The number of hydrogen-bond donors (Lipinski definition) is 2. The van der Waals surface area contributed by atoms with Gasteiger partial charge in [-0.2, -0.15) is 0 Å². The first-order valence-corrected chi connectivity index (χ1v) is 7.11. The minimum atomic E-state index is 0.0955. The Morgan fingerprint density at radius 3 is 2.61 bits per heavy atom. The van der Waals surface area contributed by atoms with E-state index in [2.05, 4.69) is 52.3 Å². The number of nitrogens with one attached hydrogen (secondary N) is 1. The van der Waals surface area contributed by atoms with E-state index in [4.69, 9.17) is 17.4 Å². The van der Waals surface area contributed by atoms with Crippen LogP contribution in [0.15, 0.2) is 48.5 Å². The Labute approximate surface area is 126 Å². The Balaban J connectivity index is 2.19. The Kier molecular flexibility index (Phi) is 5.00. The molecule has 0 aliphatic rings. The van der Waals surface area contributed by atoms with Crippen LogP contribution in [-0.2, 0) is 6.42 Å². The predicted molar refractivity (Wildman–Crippen MR) is 84.4 cm³/mol. The topological polar surface area (TPSA) is 38.0 Å². The lowest BCUT2D eigenvalue weighted by molar-refractivity contribution is 0.552. The van der Waals surface area contributed by atoms with Gasteiger partial charge in [0.25, 0.3) is 0 Å². The zero-order valence-corrected chi connectivity index (χ0v) is 12.6. The number of halogens is 2. The highest BCUT2D eigenvalue weighted by Gasteiger charge is 2.10. The van der Waals surface area contributed by atoms with E-state index < -0.39 is 0 Å². The molecular weight excluding hydrogens is 359 g/mol. The fourth-order valence-corrected chi connectivity index (χ4v) is 2.68. The van der Waals surface area contributed by atoms with Gasteiger partial charge >= 0.3 is 0 Å². The van der Waals surface area contributed by atoms with Crippen LogP contribution in [0.2, 0.25) is 5.02 Å². The molecule has 2 nitrogen and oxygen atoms in total. The van der Waals surface area contributed by atoms with Gasteiger partial charge in [0.1, 0.15) is 0 Å². The van der Waals surface area contributed by atoms with Crippen molar-refractivity contribution < 1.29 is 0 Å². The second-order valence-electron chi connectivity index (χ2n) is 4.11. The summed E-state index contributed by atoms with van der Waals surface area (Å²) in [6.07, 6.45) is 0.817. The number of rotatable bonds is 4. The Morgan fingerprint density at radius 1 is 1.17 bits per heavy atom. The number of hydrogen-bond acceptors (Lipinski definition) is 2. The quantitative estimate of drug-likeness (QED) is 0.488. The normalized spacial score (nSPS) is 12.4. The lowest BCUT2D eigenvalue weighted by Gasteiger charge is -2.17. The van der Waals surface area contributed by atoms with Crippen LogP contribution in [0.25, 0.3) is 0 Å². The molecule has 3 N–H and O–H groups in total. The summed E-state index contributed by atoms with van der Waals surface area (Å²) < 4.78 is 1.21. The number of benzene rings is 2. The van der Waals surface area contributed by atoms with Gasteiger partial charge in [0.15, 0.2) is 0 Å². The standard InChI is InChI=1S/C14H14ClIN2/c15-12-5-1-3-10(7-12)8-14(18-17)11-4-2-6-13(16)9-11/h1-7,9,14,18H,8,17H2. The van der Waals surface area contributed by atoms with Crippen LogP contribution in [0.5, 0.6) is 0 Å². The van der Waals surface area contributed by atoms with Crippen LogP contribution in [0.1, 0.15) is 17.2 Å². The van der Waals surface area contributed by atoms with Crippen LogP contribution in [-0.4, -0.2) is 0 Å². The number of hydrazine groups is 1. The molecule has 1 atom stereocenters. The van der Waals surface area contributed by atoms with E-state index in [0.717, 1.165) is 11.4 Å². The summed E-state index contributed by atoms with van der Waals surface area (Å²) in [5.74, 6) is 5.66. The average Bonchev–Trinajstić information content (AvgIpc) is 2.36. The third-order valence-corrected chi connectivity index (χ3v) is 3.69. The highest BCUT2D eigenvalue weighted by molar-refractivity contribution is 14.1. The van der Waals surface area contributed by atoms with E-state index >= 15 is 0 Å². The zero-order chi connectivity index (χ0) is 13.0. The molecule has 0 saturated carbocycles. The van der Waals surface area contributed by atoms with Crippen molar-refractivity contribution in [3.63, 3.8) is 0 Å². The fraction of sp³-hybridized carbons (Fsp3) is 0.143. The van der Waals surface area contributed by atoms with Crippen molar-refractivity contribution in [3.8, 4) is 0 Å². The van der Waals surface area contributed by atoms with Crippen molar-refractivity contribution in [2.24, 2.45) is 5.84 Å². The van der Waals surface area contributed by atoms with Gasteiger partial charge in [-0.05, 0) is 64.4 Å². The average molecular weight is 373 g/mol. The smallest absolute Gasteiger partial charge is 0.0500 e. The maximum absolute atomic E-state index is 5.99. The van der Waals surface area contributed by atoms with Gasteiger partial charge in [-0.1, -0.05) is 35.9 Å². The lowest BCUT2D eigenvalue weighted by Crippen LogP contribution is -2.29. The van der Waals surface area contributed by atoms with Crippen LogP contribution >= 0.6 is 34.2 Å². The SMILES string of the molecule is NNC(Cc1cccc(Cl)c1)c1cccc(I)c1. The molecular formula is C14H14ClIN2. The minimum Gasteiger partial charge on any atom is -0.271 e. The van der Waals surface area contributed by atoms with Crippen molar-refractivity contribution >= 4 is 34.2 Å². The summed E-state index contributed by atoms with van der Waals surface area (Å²) in [4.78, 5) is 0. The van der Waals surface area contributed by atoms with Crippen LogP contribution < -0.4 is 11.3 Å². The molecule has 0 aliphatic carbocycles. The Bertz CT molecular complexity index is 531. The van der Waals surface area contributed by atoms with Gasteiger partial charge in [0.05, 0.1) is 6.04 Å². The van der Waals surface area contributed by atoms with E-state index in [0.29, 0.717) is 0 Å². The van der Waals surface area contributed by atoms with Gasteiger partial charge < -0.3 is 0 Å². The largest absolute Gasteiger partial charge is 0.271 e. The molecule has 94 valence electrons. The van der Waals surface area contributed by atoms with Gasteiger partial charge in [0, 0.05) is 8.59 Å². The van der Waals surface area contributed by atoms with Gasteiger partial charge in [-0.15, -0.1) is 0 Å². The highest BCUT2D eigenvalue weighted by atomic mass is 127.